The number of aromatic nitrogens is 2. The number of nitrogens with zero attached hydrogens (tertiary/aromatic N) is 2. The van der Waals surface area contributed by atoms with Gasteiger partial charge in [0.15, 0.2) is 5.13 Å². The van der Waals surface area contributed by atoms with Crippen LogP contribution >= 0.6 is 36.2 Å². The van der Waals surface area contributed by atoms with Gasteiger partial charge in [0.25, 0.3) is 5.91 Å². The molecule has 3 N–H and O–H groups in total. The summed E-state index contributed by atoms with van der Waals surface area (Å²) in [5.74, 6) is 0.601. The zero-order valence-electron chi connectivity index (χ0n) is 12.3. The number of nitrogens with one attached hydrogen (secondary N) is 3. The number of hydrogen-bond acceptors (Lipinski definition) is 6. The number of rotatable bonds is 4. The van der Waals surface area contributed by atoms with Crippen LogP contribution in [0.25, 0.3) is 0 Å². The second kappa shape index (κ2) is 9.67. The number of hydrogen-bond donors (Lipinski definition) is 3. The highest BCUT2D eigenvalue weighted by Crippen LogP contribution is 2.19. The van der Waals surface area contributed by atoms with Crippen LogP contribution in [0.2, 0.25) is 0 Å². The Bertz CT molecular complexity index is 604. The van der Waals surface area contributed by atoms with Crippen LogP contribution in [0.5, 0.6) is 0 Å². The number of amides is 1. The van der Waals surface area contributed by atoms with Crippen molar-refractivity contribution in [2.24, 2.45) is 0 Å². The highest BCUT2D eigenvalue weighted by atomic mass is 35.5. The Morgan fingerprint density at radius 2 is 2.22 bits per heavy atom. The molecule has 1 aliphatic heterocycles. The average molecular weight is 376 g/mol. The molecule has 6 nitrogen and oxygen atoms in total. The van der Waals surface area contributed by atoms with Crippen LogP contribution in [-0.2, 0) is 0 Å². The summed E-state index contributed by atoms with van der Waals surface area (Å²) < 4.78 is 0. The van der Waals surface area contributed by atoms with E-state index in [-0.39, 0.29) is 36.8 Å². The molecular weight excluding hydrogens is 357 g/mol. The number of piperidine rings is 1. The number of pyridine rings is 1. The second-order valence-corrected chi connectivity index (χ2v) is 5.75. The van der Waals surface area contributed by atoms with E-state index in [4.69, 9.17) is 0 Å². The lowest BCUT2D eigenvalue weighted by Crippen LogP contribution is -2.45. The van der Waals surface area contributed by atoms with Crippen molar-refractivity contribution in [3.8, 4) is 0 Å². The van der Waals surface area contributed by atoms with Gasteiger partial charge in [-0.3, -0.25) is 4.79 Å². The van der Waals surface area contributed by atoms with Crippen LogP contribution in [0, 0.1) is 0 Å². The van der Waals surface area contributed by atoms with Gasteiger partial charge in [-0.1, -0.05) is 6.07 Å². The van der Waals surface area contributed by atoms with Crippen LogP contribution in [-0.4, -0.2) is 35.0 Å². The minimum absolute atomic E-state index is 0. The number of carbonyl (C=O) groups excluding carboxylic acids is 1. The van der Waals surface area contributed by atoms with Crippen molar-refractivity contribution in [1.82, 2.24) is 20.6 Å². The highest BCUT2D eigenvalue weighted by Gasteiger charge is 2.18. The van der Waals surface area contributed by atoms with E-state index in [0.717, 1.165) is 31.7 Å². The lowest BCUT2D eigenvalue weighted by Gasteiger charge is -2.23. The summed E-state index contributed by atoms with van der Waals surface area (Å²) in [5, 5.41) is 11.8. The molecule has 126 valence electrons. The minimum Gasteiger partial charge on any atom is -0.347 e. The second-order valence-electron chi connectivity index (χ2n) is 4.89. The van der Waals surface area contributed by atoms with Crippen molar-refractivity contribution in [2.45, 2.75) is 18.9 Å². The largest absolute Gasteiger partial charge is 0.347 e. The van der Waals surface area contributed by atoms with Gasteiger partial charge in [-0.15, -0.1) is 36.2 Å². The predicted molar refractivity (Wildman–Crippen MR) is 97.5 cm³/mol. The Balaban J connectivity index is 0.00000132. The molecule has 0 spiro atoms. The first-order valence-corrected chi connectivity index (χ1v) is 7.84. The summed E-state index contributed by atoms with van der Waals surface area (Å²) in [6.07, 6.45) is 3.82. The van der Waals surface area contributed by atoms with E-state index < -0.39 is 0 Å². The minimum atomic E-state index is -0.117. The van der Waals surface area contributed by atoms with Crippen molar-refractivity contribution in [2.75, 3.05) is 18.4 Å². The fourth-order valence-electron chi connectivity index (χ4n) is 2.22. The summed E-state index contributed by atoms with van der Waals surface area (Å²) in [4.78, 5) is 20.6. The number of anilines is 2. The van der Waals surface area contributed by atoms with E-state index >= 15 is 0 Å². The molecular formula is C14H19Cl2N5OS. The van der Waals surface area contributed by atoms with Gasteiger partial charge < -0.3 is 16.0 Å². The topological polar surface area (TPSA) is 78.9 Å². The normalized spacial score (nSPS) is 16.6. The molecule has 0 saturated carbocycles. The number of carbonyl (C=O) groups is 1. The molecule has 1 fully saturated rings. The molecule has 0 aromatic carbocycles. The van der Waals surface area contributed by atoms with Gasteiger partial charge in [0.1, 0.15) is 11.5 Å². The molecule has 0 radical (unpaired) electrons. The molecule has 0 bridgehead atoms. The maximum atomic E-state index is 12.1. The van der Waals surface area contributed by atoms with Crippen molar-refractivity contribution in [3.05, 3.63) is 35.5 Å². The maximum absolute atomic E-state index is 12.1. The Kier molecular flexibility index (Phi) is 8.25. The molecule has 1 saturated heterocycles. The molecule has 2 aromatic heterocycles. The first kappa shape index (κ1) is 19.6. The molecule has 3 rings (SSSR count). The van der Waals surface area contributed by atoms with Crippen molar-refractivity contribution >= 4 is 53.0 Å². The van der Waals surface area contributed by atoms with Crippen molar-refractivity contribution < 1.29 is 4.79 Å². The quantitative estimate of drug-likeness (QED) is 0.765. The number of halogens is 2. The first-order chi connectivity index (χ1) is 10.3. The van der Waals surface area contributed by atoms with Gasteiger partial charge in [0.2, 0.25) is 0 Å². The molecule has 2 aromatic rings. The van der Waals surface area contributed by atoms with Crippen LogP contribution in [0.3, 0.4) is 0 Å². The van der Waals surface area contributed by atoms with Gasteiger partial charge >= 0.3 is 0 Å². The van der Waals surface area contributed by atoms with E-state index in [1.54, 1.807) is 11.6 Å². The molecule has 1 atom stereocenters. The summed E-state index contributed by atoms with van der Waals surface area (Å²) >= 11 is 1.40. The molecule has 9 heteroatoms. The van der Waals surface area contributed by atoms with Crippen LogP contribution in [0.1, 0.15) is 23.3 Å². The van der Waals surface area contributed by atoms with Crippen molar-refractivity contribution in [1.29, 1.82) is 0 Å². The highest BCUT2D eigenvalue weighted by molar-refractivity contribution is 7.14. The van der Waals surface area contributed by atoms with E-state index in [2.05, 4.69) is 25.9 Å². The average Bonchev–Trinajstić information content (AvgIpc) is 2.98. The Morgan fingerprint density at radius 3 is 2.91 bits per heavy atom. The molecule has 0 aliphatic carbocycles. The SMILES string of the molecule is Cl.Cl.O=C(N[C@H]1CCCNC1)c1csc(Nc2ccccn2)n1. The van der Waals surface area contributed by atoms with Crippen LogP contribution in [0.15, 0.2) is 29.8 Å². The van der Waals surface area contributed by atoms with Gasteiger partial charge in [-0.25, -0.2) is 9.97 Å². The zero-order chi connectivity index (χ0) is 14.5. The van der Waals surface area contributed by atoms with E-state index in [1.165, 1.54) is 11.3 Å². The lowest BCUT2D eigenvalue weighted by molar-refractivity contribution is 0.0926. The van der Waals surface area contributed by atoms with Gasteiger partial charge in [0.05, 0.1) is 0 Å². The van der Waals surface area contributed by atoms with E-state index in [0.29, 0.717) is 10.8 Å². The smallest absolute Gasteiger partial charge is 0.271 e. The fourth-order valence-corrected chi connectivity index (χ4v) is 2.91. The maximum Gasteiger partial charge on any atom is 0.271 e. The number of thiazole rings is 1. The van der Waals surface area contributed by atoms with E-state index in [9.17, 15) is 4.79 Å². The summed E-state index contributed by atoms with van der Waals surface area (Å²) in [5.41, 5.74) is 0.448. The van der Waals surface area contributed by atoms with Gasteiger partial charge in [-0.05, 0) is 31.5 Å². The van der Waals surface area contributed by atoms with Crippen LogP contribution < -0.4 is 16.0 Å². The summed E-state index contributed by atoms with van der Waals surface area (Å²) in [7, 11) is 0. The third-order valence-corrected chi connectivity index (χ3v) is 4.03. The Morgan fingerprint density at radius 1 is 1.35 bits per heavy atom. The zero-order valence-corrected chi connectivity index (χ0v) is 14.8. The summed E-state index contributed by atoms with van der Waals surface area (Å²) in [6.45, 7) is 1.86. The van der Waals surface area contributed by atoms with Crippen molar-refractivity contribution in [3.63, 3.8) is 0 Å². The molecule has 23 heavy (non-hydrogen) atoms. The first-order valence-electron chi connectivity index (χ1n) is 6.96. The Labute approximate surface area is 151 Å². The molecule has 3 heterocycles. The third kappa shape index (κ3) is 5.62. The van der Waals surface area contributed by atoms with E-state index in [1.807, 2.05) is 18.2 Å². The fraction of sp³-hybridized carbons (Fsp3) is 0.357. The molecule has 0 unspecified atom stereocenters. The predicted octanol–water partition coefficient (Wildman–Crippen LogP) is 2.61. The monoisotopic (exact) mass is 375 g/mol. The lowest BCUT2D eigenvalue weighted by atomic mass is 10.1. The summed E-state index contributed by atoms with van der Waals surface area (Å²) in [6, 6.07) is 5.80. The van der Waals surface area contributed by atoms with Gasteiger partial charge in [0, 0.05) is 24.2 Å². The standard InChI is InChI=1S/C14H17N5OS.2ClH/c20-13(17-10-4-3-6-15-8-10)11-9-21-14(18-11)19-12-5-1-2-7-16-12;;/h1-2,5,7,9-10,15H,3-4,6,8H2,(H,17,20)(H,16,18,19);2*1H/t10-;;/m0../s1. The third-order valence-electron chi connectivity index (χ3n) is 3.27. The molecule has 1 aliphatic rings. The van der Waals surface area contributed by atoms with Gasteiger partial charge in [-0.2, -0.15) is 0 Å². The molecule has 1 amide bonds. The Hall–Kier alpha value is -1.41. The van der Waals surface area contributed by atoms with Crippen LogP contribution in [0.4, 0.5) is 10.9 Å².